The van der Waals surface area contributed by atoms with Gasteiger partial charge in [-0.05, 0) is 48.0 Å². The topological polar surface area (TPSA) is 129 Å². The first-order valence-corrected chi connectivity index (χ1v) is 9.91. The van der Waals surface area contributed by atoms with Crippen LogP contribution in [-0.2, 0) is 4.79 Å². The highest BCUT2D eigenvalue weighted by molar-refractivity contribution is 6.36. The van der Waals surface area contributed by atoms with E-state index in [4.69, 9.17) is 27.9 Å². The molecule has 3 rings (SSSR count). The van der Waals surface area contributed by atoms with Crippen LogP contribution >= 0.6 is 23.2 Å². The highest BCUT2D eigenvalue weighted by atomic mass is 35.5. The number of halogens is 2. The first-order valence-electron chi connectivity index (χ1n) is 9.15. The summed E-state index contributed by atoms with van der Waals surface area (Å²) in [6, 6.07) is 18.3. The highest BCUT2D eigenvalue weighted by Gasteiger charge is 2.14. The second-order valence-corrected chi connectivity index (χ2v) is 7.32. The van der Waals surface area contributed by atoms with Crippen LogP contribution in [0.5, 0.6) is 11.5 Å². The summed E-state index contributed by atoms with van der Waals surface area (Å²) in [5, 5.41) is 32.8. The minimum Gasteiger partial charge on any atom is -0.456 e. The molecule has 33 heavy (non-hydrogen) atoms. The zero-order valence-electron chi connectivity index (χ0n) is 16.6. The summed E-state index contributed by atoms with van der Waals surface area (Å²) in [7, 11) is 0. The van der Waals surface area contributed by atoms with Crippen LogP contribution in [0.25, 0.3) is 6.08 Å². The molecule has 8 nitrogen and oxygen atoms in total. The van der Waals surface area contributed by atoms with E-state index in [9.17, 15) is 25.4 Å². The lowest BCUT2D eigenvalue weighted by atomic mass is 10.1. The number of carbonyl (C=O) groups excluding carboxylic acids is 1. The predicted molar refractivity (Wildman–Crippen MR) is 123 cm³/mol. The molecule has 1 amide bonds. The minimum absolute atomic E-state index is 0.0133. The van der Waals surface area contributed by atoms with Crippen molar-refractivity contribution in [2.45, 2.75) is 0 Å². The average Bonchev–Trinajstić information content (AvgIpc) is 2.80. The van der Waals surface area contributed by atoms with Crippen molar-refractivity contribution in [2.75, 3.05) is 5.32 Å². The highest BCUT2D eigenvalue weighted by Crippen LogP contribution is 2.29. The molecular formula is C23H12Cl2N4O4. The smallest absolute Gasteiger partial charge is 0.271 e. The van der Waals surface area contributed by atoms with Crippen LogP contribution in [0.3, 0.4) is 0 Å². The molecule has 0 aliphatic carbocycles. The molecule has 0 spiro atoms. The zero-order chi connectivity index (χ0) is 24.0. The number of hydrogen-bond donors (Lipinski definition) is 1. The van der Waals surface area contributed by atoms with E-state index in [-0.39, 0.29) is 33.3 Å². The van der Waals surface area contributed by atoms with Crippen molar-refractivity contribution in [3.8, 4) is 23.6 Å². The fourth-order valence-corrected chi connectivity index (χ4v) is 3.04. The largest absolute Gasteiger partial charge is 0.456 e. The van der Waals surface area contributed by atoms with Crippen LogP contribution in [0.2, 0.25) is 10.0 Å². The number of rotatable bonds is 6. The summed E-state index contributed by atoms with van der Waals surface area (Å²) in [6.45, 7) is 0. The number of nitrogens with zero attached hydrogens (tertiary/aromatic N) is 3. The molecule has 0 saturated carbocycles. The molecule has 0 radical (unpaired) electrons. The Morgan fingerprint density at radius 1 is 1.09 bits per heavy atom. The molecule has 0 saturated heterocycles. The Kier molecular flexibility index (Phi) is 7.27. The third-order valence-electron chi connectivity index (χ3n) is 4.23. The lowest BCUT2D eigenvalue weighted by Crippen LogP contribution is -2.13. The molecule has 1 N–H and O–H groups in total. The van der Waals surface area contributed by atoms with E-state index in [1.807, 2.05) is 12.1 Å². The number of benzene rings is 3. The van der Waals surface area contributed by atoms with Gasteiger partial charge < -0.3 is 10.1 Å². The standard InChI is InChI=1S/C23H12Cl2N4O4/c24-17-4-6-20(25)21(11-17)28-23(30)16(13-27)8-14-2-1-3-19(9-14)33-22-7-5-18(29(31)32)10-15(22)12-26/h1-11H,(H,28,30)/b16-8+. The van der Waals surface area contributed by atoms with E-state index in [2.05, 4.69) is 5.32 Å². The van der Waals surface area contributed by atoms with Crippen molar-refractivity contribution in [3.63, 3.8) is 0 Å². The number of anilines is 1. The summed E-state index contributed by atoms with van der Waals surface area (Å²) in [4.78, 5) is 22.8. The number of carbonyl (C=O) groups is 1. The summed E-state index contributed by atoms with van der Waals surface area (Å²) in [6.07, 6.45) is 1.35. The molecular weight excluding hydrogens is 467 g/mol. The maximum atomic E-state index is 12.5. The van der Waals surface area contributed by atoms with Gasteiger partial charge in [-0.3, -0.25) is 14.9 Å². The van der Waals surface area contributed by atoms with E-state index >= 15 is 0 Å². The maximum Gasteiger partial charge on any atom is 0.271 e. The van der Waals surface area contributed by atoms with Gasteiger partial charge in [-0.15, -0.1) is 0 Å². The van der Waals surface area contributed by atoms with Gasteiger partial charge in [0.1, 0.15) is 34.8 Å². The number of amides is 1. The molecule has 0 heterocycles. The molecule has 3 aromatic carbocycles. The predicted octanol–water partition coefficient (Wildman–Crippen LogP) is 6.11. The molecule has 0 unspecified atom stereocenters. The summed E-state index contributed by atoms with van der Waals surface area (Å²) < 4.78 is 5.69. The van der Waals surface area contributed by atoms with Crippen LogP contribution in [0.4, 0.5) is 11.4 Å². The summed E-state index contributed by atoms with van der Waals surface area (Å²) >= 11 is 12.0. The van der Waals surface area contributed by atoms with Gasteiger partial charge in [0.25, 0.3) is 11.6 Å². The average molecular weight is 479 g/mol. The number of nitro benzene ring substituents is 1. The molecule has 0 fully saturated rings. The van der Waals surface area contributed by atoms with Crippen molar-refractivity contribution in [2.24, 2.45) is 0 Å². The van der Waals surface area contributed by atoms with Crippen LogP contribution in [-0.4, -0.2) is 10.8 Å². The quantitative estimate of drug-likeness (QED) is 0.197. The van der Waals surface area contributed by atoms with Gasteiger partial charge in [-0.25, -0.2) is 0 Å². The molecule has 0 bridgehead atoms. The van der Waals surface area contributed by atoms with Crippen LogP contribution < -0.4 is 10.1 Å². The van der Waals surface area contributed by atoms with Gasteiger partial charge in [-0.1, -0.05) is 35.3 Å². The van der Waals surface area contributed by atoms with Crippen molar-refractivity contribution in [1.82, 2.24) is 0 Å². The van der Waals surface area contributed by atoms with E-state index < -0.39 is 10.8 Å². The van der Waals surface area contributed by atoms with Gasteiger partial charge in [0.15, 0.2) is 0 Å². The third-order valence-corrected chi connectivity index (χ3v) is 4.80. The van der Waals surface area contributed by atoms with Crippen molar-refractivity contribution in [3.05, 3.63) is 97.5 Å². The Hall–Kier alpha value is -4.37. The Bertz CT molecular complexity index is 1370. The Morgan fingerprint density at radius 2 is 1.88 bits per heavy atom. The molecule has 0 aromatic heterocycles. The lowest BCUT2D eigenvalue weighted by Gasteiger charge is -2.09. The number of ether oxygens (including phenoxy) is 1. The molecule has 0 aliphatic heterocycles. The van der Waals surface area contributed by atoms with Gasteiger partial charge in [-0.2, -0.15) is 10.5 Å². The third kappa shape index (κ3) is 5.86. The van der Waals surface area contributed by atoms with Crippen LogP contribution in [0, 0.1) is 32.8 Å². The number of hydrogen-bond acceptors (Lipinski definition) is 6. The van der Waals surface area contributed by atoms with E-state index in [1.54, 1.807) is 30.3 Å². The fourth-order valence-electron chi connectivity index (χ4n) is 2.70. The Labute approximate surface area is 198 Å². The maximum absolute atomic E-state index is 12.5. The summed E-state index contributed by atoms with van der Waals surface area (Å²) in [5.41, 5.74) is 0.281. The molecule has 0 aliphatic rings. The minimum atomic E-state index is -0.685. The Morgan fingerprint density at radius 3 is 2.58 bits per heavy atom. The molecule has 10 heteroatoms. The first kappa shape index (κ1) is 23.3. The van der Waals surface area contributed by atoms with E-state index in [0.29, 0.717) is 16.3 Å². The Balaban J connectivity index is 1.84. The fraction of sp³-hybridized carbons (Fsp3) is 0. The van der Waals surface area contributed by atoms with Gasteiger partial charge in [0.2, 0.25) is 0 Å². The SMILES string of the molecule is N#C/C(=C\c1cccc(Oc2ccc([N+](=O)[O-])cc2C#N)c1)C(=O)Nc1cc(Cl)ccc1Cl. The second kappa shape index (κ2) is 10.3. The first-order chi connectivity index (χ1) is 15.8. The summed E-state index contributed by atoms with van der Waals surface area (Å²) in [5.74, 6) is -0.266. The lowest BCUT2D eigenvalue weighted by molar-refractivity contribution is -0.384. The molecule has 162 valence electrons. The van der Waals surface area contributed by atoms with Crippen LogP contribution in [0.15, 0.2) is 66.2 Å². The number of non-ortho nitro benzene ring substituents is 1. The molecule has 3 aromatic rings. The van der Waals surface area contributed by atoms with Gasteiger partial charge >= 0.3 is 0 Å². The number of nitriles is 2. The van der Waals surface area contributed by atoms with Crippen molar-refractivity contribution < 1.29 is 14.5 Å². The monoisotopic (exact) mass is 478 g/mol. The normalized spacial score (nSPS) is 10.6. The van der Waals surface area contributed by atoms with Gasteiger partial charge in [0.05, 0.1) is 15.6 Å². The van der Waals surface area contributed by atoms with E-state index in [0.717, 1.165) is 6.07 Å². The number of nitrogens with one attached hydrogen (secondary N) is 1. The van der Waals surface area contributed by atoms with E-state index in [1.165, 1.54) is 30.3 Å². The van der Waals surface area contributed by atoms with Crippen LogP contribution in [0.1, 0.15) is 11.1 Å². The van der Waals surface area contributed by atoms with Gasteiger partial charge in [0, 0.05) is 17.2 Å². The van der Waals surface area contributed by atoms with Crippen molar-refractivity contribution in [1.29, 1.82) is 10.5 Å². The van der Waals surface area contributed by atoms with Crippen molar-refractivity contribution >= 4 is 46.6 Å². The second-order valence-electron chi connectivity index (χ2n) is 6.47. The zero-order valence-corrected chi connectivity index (χ0v) is 18.1. The number of nitro groups is 1. The molecule has 0 atom stereocenters.